The van der Waals surface area contributed by atoms with E-state index in [9.17, 15) is 4.79 Å². The number of anilines is 2. The Kier molecular flexibility index (Phi) is 4.89. The van der Waals surface area contributed by atoms with E-state index in [1.807, 2.05) is 19.9 Å². The second kappa shape index (κ2) is 6.85. The van der Waals surface area contributed by atoms with Crippen molar-refractivity contribution in [2.75, 3.05) is 24.4 Å². The lowest BCUT2D eigenvalue weighted by Crippen LogP contribution is -2.21. The highest BCUT2D eigenvalue weighted by atomic mass is 16.5. The van der Waals surface area contributed by atoms with Gasteiger partial charge in [0, 0.05) is 25.6 Å². The van der Waals surface area contributed by atoms with E-state index in [0.717, 1.165) is 5.56 Å². The van der Waals surface area contributed by atoms with Gasteiger partial charge in [0.2, 0.25) is 0 Å². The minimum Gasteiger partial charge on any atom is -0.382 e. The molecular formula is C14H19N5O2. The maximum absolute atomic E-state index is 11.9. The Bertz CT molecular complexity index is 611. The summed E-state index contributed by atoms with van der Waals surface area (Å²) in [6.45, 7) is 4.47. The topological polar surface area (TPSA) is 81.1 Å². The second-order valence-electron chi connectivity index (χ2n) is 4.78. The number of carbonyl (C=O) groups excluding carboxylic acids is 1. The van der Waals surface area contributed by atoms with Crippen LogP contribution in [-0.2, 0) is 4.74 Å². The van der Waals surface area contributed by atoms with Crippen LogP contribution < -0.4 is 10.6 Å². The lowest BCUT2D eigenvalue weighted by atomic mass is 10.3. The summed E-state index contributed by atoms with van der Waals surface area (Å²) < 4.78 is 6.81. The molecule has 7 nitrogen and oxygen atoms in total. The van der Waals surface area contributed by atoms with Crippen molar-refractivity contribution < 1.29 is 9.53 Å². The summed E-state index contributed by atoms with van der Waals surface area (Å²) in [7, 11) is 1.64. The Morgan fingerprint density at radius 1 is 1.38 bits per heavy atom. The molecular weight excluding hydrogens is 270 g/mol. The molecule has 0 aliphatic rings. The van der Waals surface area contributed by atoms with Gasteiger partial charge in [0.05, 0.1) is 12.6 Å². The van der Waals surface area contributed by atoms with Crippen molar-refractivity contribution in [3.63, 3.8) is 0 Å². The Hall–Kier alpha value is -2.41. The molecule has 0 aliphatic carbocycles. The maximum atomic E-state index is 11.9. The van der Waals surface area contributed by atoms with Crippen LogP contribution in [0, 0.1) is 6.92 Å². The quantitative estimate of drug-likeness (QED) is 0.885. The summed E-state index contributed by atoms with van der Waals surface area (Å²) in [6, 6.07) is 5.11. The number of hydrogen-bond donors (Lipinski definition) is 2. The van der Waals surface area contributed by atoms with Crippen molar-refractivity contribution in [3.05, 3.63) is 36.2 Å². The highest BCUT2D eigenvalue weighted by Gasteiger charge is 2.09. The number of ether oxygens (including phenoxy) is 1. The van der Waals surface area contributed by atoms with E-state index in [1.54, 1.807) is 36.3 Å². The van der Waals surface area contributed by atoms with Crippen LogP contribution in [0.25, 0.3) is 0 Å². The molecule has 0 aromatic carbocycles. The lowest BCUT2D eigenvalue weighted by Gasteiger charge is -2.10. The number of aromatic nitrogens is 3. The molecule has 2 aromatic heterocycles. The van der Waals surface area contributed by atoms with E-state index in [4.69, 9.17) is 4.74 Å². The molecule has 2 aromatic rings. The fourth-order valence-corrected chi connectivity index (χ4v) is 1.84. The zero-order valence-corrected chi connectivity index (χ0v) is 12.3. The summed E-state index contributed by atoms with van der Waals surface area (Å²) in [6.07, 6.45) is 3.44. The first-order chi connectivity index (χ1) is 10.1. The number of nitrogens with one attached hydrogen (secondary N) is 2. The van der Waals surface area contributed by atoms with Crippen LogP contribution in [0.3, 0.4) is 0 Å². The van der Waals surface area contributed by atoms with E-state index >= 15 is 0 Å². The molecule has 7 heteroatoms. The number of aryl methyl sites for hydroxylation is 1. The smallest absolute Gasteiger partial charge is 0.326 e. The van der Waals surface area contributed by atoms with Crippen LogP contribution in [0.4, 0.5) is 16.4 Å². The molecule has 112 valence electrons. The fourth-order valence-electron chi connectivity index (χ4n) is 1.84. The number of pyridine rings is 1. The van der Waals surface area contributed by atoms with Gasteiger partial charge in [-0.1, -0.05) is 0 Å². The molecule has 2 heterocycles. The minimum atomic E-state index is -0.377. The van der Waals surface area contributed by atoms with Crippen molar-refractivity contribution in [1.29, 1.82) is 0 Å². The SMILES string of the molecule is COCC(C)n1ccc(NC(=O)Nc2cc(C)ccn2)n1. The van der Waals surface area contributed by atoms with Crippen molar-refractivity contribution in [3.8, 4) is 0 Å². The molecule has 0 saturated carbocycles. The fraction of sp³-hybridized carbons (Fsp3) is 0.357. The molecule has 0 aliphatic heterocycles. The second-order valence-corrected chi connectivity index (χ2v) is 4.78. The third kappa shape index (κ3) is 4.28. The normalized spacial score (nSPS) is 12.0. The van der Waals surface area contributed by atoms with Gasteiger partial charge in [0.25, 0.3) is 0 Å². The largest absolute Gasteiger partial charge is 0.382 e. The van der Waals surface area contributed by atoms with Gasteiger partial charge in [-0.15, -0.1) is 0 Å². The van der Waals surface area contributed by atoms with Gasteiger partial charge < -0.3 is 4.74 Å². The first-order valence-electron chi connectivity index (χ1n) is 6.63. The average molecular weight is 289 g/mol. The molecule has 1 atom stereocenters. The number of amides is 2. The number of methoxy groups -OCH3 is 1. The van der Waals surface area contributed by atoms with Crippen LogP contribution in [0.2, 0.25) is 0 Å². The molecule has 0 saturated heterocycles. The monoisotopic (exact) mass is 289 g/mol. The molecule has 0 radical (unpaired) electrons. The average Bonchev–Trinajstić information content (AvgIpc) is 2.87. The summed E-state index contributed by atoms with van der Waals surface area (Å²) >= 11 is 0. The molecule has 2 rings (SSSR count). The molecule has 2 amide bonds. The van der Waals surface area contributed by atoms with Crippen molar-refractivity contribution in [2.24, 2.45) is 0 Å². The molecule has 0 fully saturated rings. The van der Waals surface area contributed by atoms with Gasteiger partial charge in [-0.3, -0.25) is 15.3 Å². The predicted octanol–water partition coefficient (Wildman–Crippen LogP) is 2.44. The van der Waals surface area contributed by atoms with Crippen LogP contribution in [0.15, 0.2) is 30.6 Å². The highest BCUT2D eigenvalue weighted by molar-refractivity contribution is 5.98. The summed E-state index contributed by atoms with van der Waals surface area (Å²) in [5, 5.41) is 9.60. The molecule has 21 heavy (non-hydrogen) atoms. The minimum absolute atomic E-state index is 0.104. The van der Waals surface area contributed by atoms with Gasteiger partial charge in [0.15, 0.2) is 5.82 Å². The number of urea groups is 1. The summed E-state index contributed by atoms with van der Waals surface area (Å²) in [5.74, 6) is 0.975. The zero-order valence-electron chi connectivity index (χ0n) is 12.3. The number of nitrogens with zero attached hydrogens (tertiary/aromatic N) is 3. The zero-order chi connectivity index (χ0) is 15.2. The van der Waals surface area contributed by atoms with E-state index in [2.05, 4.69) is 20.7 Å². The molecule has 0 bridgehead atoms. The first-order valence-corrected chi connectivity index (χ1v) is 6.63. The number of hydrogen-bond acceptors (Lipinski definition) is 4. The van der Waals surface area contributed by atoms with Crippen LogP contribution in [-0.4, -0.2) is 34.5 Å². The lowest BCUT2D eigenvalue weighted by molar-refractivity contribution is 0.157. The Labute approximate surface area is 123 Å². The first kappa shape index (κ1) is 15.0. The highest BCUT2D eigenvalue weighted by Crippen LogP contribution is 2.10. The molecule has 1 unspecified atom stereocenters. The van der Waals surface area contributed by atoms with Crippen LogP contribution >= 0.6 is 0 Å². The third-order valence-electron chi connectivity index (χ3n) is 2.87. The summed E-state index contributed by atoms with van der Waals surface area (Å²) in [5.41, 5.74) is 1.03. The van der Waals surface area contributed by atoms with Crippen molar-refractivity contribution in [1.82, 2.24) is 14.8 Å². The number of carbonyl (C=O) groups is 1. The predicted molar refractivity (Wildman–Crippen MR) is 80.4 cm³/mol. The molecule has 0 spiro atoms. The third-order valence-corrected chi connectivity index (χ3v) is 2.87. The van der Waals surface area contributed by atoms with Gasteiger partial charge in [-0.2, -0.15) is 5.10 Å². The Morgan fingerprint density at radius 3 is 2.86 bits per heavy atom. The van der Waals surface area contributed by atoms with E-state index in [1.165, 1.54) is 0 Å². The van der Waals surface area contributed by atoms with Crippen LogP contribution in [0.1, 0.15) is 18.5 Å². The van der Waals surface area contributed by atoms with E-state index < -0.39 is 0 Å². The Morgan fingerprint density at radius 2 is 2.14 bits per heavy atom. The van der Waals surface area contributed by atoms with E-state index in [-0.39, 0.29) is 12.1 Å². The van der Waals surface area contributed by atoms with Gasteiger partial charge in [0.1, 0.15) is 5.82 Å². The van der Waals surface area contributed by atoms with Gasteiger partial charge in [-0.25, -0.2) is 9.78 Å². The summed E-state index contributed by atoms with van der Waals surface area (Å²) in [4.78, 5) is 15.9. The molecule has 2 N–H and O–H groups in total. The standard InChI is InChI=1S/C14H19N5O2/c1-10-4-6-15-13(8-10)17-14(20)16-12-5-7-19(18-12)11(2)9-21-3/h4-8,11H,9H2,1-3H3,(H2,15,16,17,18,20). The maximum Gasteiger partial charge on any atom is 0.326 e. The Balaban J connectivity index is 1.94. The van der Waals surface area contributed by atoms with Crippen molar-refractivity contribution >= 4 is 17.7 Å². The van der Waals surface area contributed by atoms with Gasteiger partial charge >= 0.3 is 6.03 Å². The van der Waals surface area contributed by atoms with Gasteiger partial charge in [-0.05, 0) is 31.5 Å². The van der Waals surface area contributed by atoms with Crippen LogP contribution in [0.5, 0.6) is 0 Å². The number of rotatable bonds is 5. The van der Waals surface area contributed by atoms with Crippen molar-refractivity contribution in [2.45, 2.75) is 19.9 Å². The van der Waals surface area contributed by atoms with E-state index in [0.29, 0.717) is 18.2 Å².